The molecule has 0 amide bonds. The Kier molecular flexibility index (Phi) is 3.54. The number of aromatic nitrogens is 1. The third kappa shape index (κ3) is 2.71. The van der Waals surface area contributed by atoms with Crippen LogP contribution in [0.15, 0.2) is 54.7 Å². The Morgan fingerprint density at radius 3 is 2.81 bits per heavy atom. The maximum absolute atomic E-state index is 13.9. The van der Waals surface area contributed by atoms with Gasteiger partial charge in [-0.05, 0) is 37.3 Å². The summed E-state index contributed by atoms with van der Waals surface area (Å²) in [5.74, 6) is 0.676. The fourth-order valence-electron chi connectivity index (χ4n) is 2.28. The SMILES string of the molecule is CC(N)c1c(F)cccc1Oc1ccc2cccnc2c1. The van der Waals surface area contributed by atoms with E-state index in [0.717, 1.165) is 10.9 Å². The van der Waals surface area contributed by atoms with E-state index < -0.39 is 6.04 Å². The molecule has 2 N–H and O–H groups in total. The highest BCUT2D eigenvalue weighted by atomic mass is 19.1. The van der Waals surface area contributed by atoms with Gasteiger partial charge in [0.2, 0.25) is 0 Å². The summed E-state index contributed by atoms with van der Waals surface area (Å²) in [6, 6.07) is 13.7. The lowest BCUT2D eigenvalue weighted by Gasteiger charge is -2.14. The number of nitrogens with zero attached hydrogens (tertiary/aromatic N) is 1. The van der Waals surface area contributed by atoms with Crippen LogP contribution in [0.1, 0.15) is 18.5 Å². The molecule has 0 fully saturated rings. The molecule has 0 bridgehead atoms. The summed E-state index contributed by atoms with van der Waals surface area (Å²) in [7, 11) is 0. The lowest BCUT2D eigenvalue weighted by atomic mass is 10.1. The second-order valence-electron chi connectivity index (χ2n) is 4.90. The third-order valence-electron chi connectivity index (χ3n) is 3.27. The van der Waals surface area contributed by atoms with Crippen molar-refractivity contribution >= 4 is 10.9 Å². The van der Waals surface area contributed by atoms with Crippen molar-refractivity contribution in [1.29, 1.82) is 0 Å². The highest BCUT2D eigenvalue weighted by Crippen LogP contribution is 2.31. The predicted octanol–water partition coefficient (Wildman–Crippen LogP) is 4.19. The van der Waals surface area contributed by atoms with Crippen LogP contribution in [0.25, 0.3) is 10.9 Å². The highest BCUT2D eigenvalue weighted by molar-refractivity contribution is 5.79. The van der Waals surface area contributed by atoms with Crippen LogP contribution in [0, 0.1) is 5.82 Å². The maximum atomic E-state index is 13.9. The summed E-state index contributed by atoms with van der Waals surface area (Å²) in [5, 5.41) is 1.02. The van der Waals surface area contributed by atoms with Crippen LogP contribution in [-0.4, -0.2) is 4.98 Å². The van der Waals surface area contributed by atoms with Crippen molar-refractivity contribution in [3.63, 3.8) is 0 Å². The maximum Gasteiger partial charge on any atom is 0.135 e. The molecule has 0 radical (unpaired) electrons. The number of ether oxygens (including phenoxy) is 1. The molecule has 3 rings (SSSR count). The number of hydrogen-bond donors (Lipinski definition) is 1. The number of fused-ring (bicyclic) bond motifs is 1. The molecule has 1 heterocycles. The smallest absolute Gasteiger partial charge is 0.135 e. The van der Waals surface area contributed by atoms with E-state index in [0.29, 0.717) is 17.1 Å². The van der Waals surface area contributed by atoms with Gasteiger partial charge in [-0.2, -0.15) is 0 Å². The van der Waals surface area contributed by atoms with E-state index in [-0.39, 0.29) is 5.82 Å². The molecule has 106 valence electrons. The van der Waals surface area contributed by atoms with Gasteiger partial charge in [-0.3, -0.25) is 4.98 Å². The molecule has 1 aromatic heterocycles. The van der Waals surface area contributed by atoms with Gasteiger partial charge in [0.05, 0.1) is 5.52 Å². The van der Waals surface area contributed by atoms with Crippen molar-refractivity contribution in [3.8, 4) is 11.5 Å². The zero-order valence-corrected chi connectivity index (χ0v) is 11.6. The molecular formula is C17H15FN2O. The first-order chi connectivity index (χ1) is 10.1. The van der Waals surface area contributed by atoms with Gasteiger partial charge in [0.25, 0.3) is 0 Å². The number of benzene rings is 2. The summed E-state index contributed by atoms with van der Waals surface area (Å²) in [4.78, 5) is 4.28. The quantitative estimate of drug-likeness (QED) is 0.783. The van der Waals surface area contributed by atoms with E-state index in [2.05, 4.69) is 4.98 Å². The highest BCUT2D eigenvalue weighted by Gasteiger charge is 2.14. The first-order valence-electron chi connectivity index (χ1n) is 6.72. The average Bonchev–Trinajstić information content (AvgIpc) is 2.47. The van der Waals surface area contributed by atoms with E-state index in [9.17, 15) is 4.39 Å². The summed E-state index contributed by atoms with van der Waals surface area (Å²) in [6.45, 7) is 1.73. The molecule has 0 aliphatic rings. The number of hydrogen-bond acceptors (Lipinski definition) is 3. The van der Waals surface area contributed by atoms with Crippen LogP contribution in [0.3, 0.4) is 0 Å². The molecule has 0 aliphatic heterocycles. The van der Waals surface area contributed by atoms with Crippen LogP contribution in [0.5, 0.6) is 11.5 Å². The number of rotatable bonds is 3. The second-order valence-corrected chi connectivity index (χ2v) is 4.90. The topological polar surface area (TPSA) is 48.1 Å². The standard InChI is InChI=1S/C17H15FN2O/c1-11(19)17-14(18)5-2-6-16(17)21-13-8-7-12-4-3-9-20-15(12)10-13/h2-11H,19H2,1H3. The molecule has 21 heavy (non-hydrogen) atoms. The van der Waals surface area contributed by atoms with Gasteiger partial charge in [-0.25, -0.2) is 4.39 Å². The minimum atomic E-state index is -0.445. The molecule has 0 saturated heterocycles. The van der Waals surface area contributed by atoms with E-state index >= 15 is 0 Å². The molecule has 2 aromatic carbocycles. The Bertz CT molecular complexity index is 787. The van der Waals surface area contributed by atoms with Crippen LogP contribution < -0.4 is 10.5 Å². The Labute approximate surface area is 122 Å². The summed E-state index contributed by atoms with van der Waals surface area (Å²) < 4.78 is 19.7. The summed E-state index contributed by atoms with van der Waals surface area (Å²) in [6.07, 6.45) is 1.72. The van der Waals surface area contributed by atoms with Crippen molar-refractivity contribution in [2.45, 2.75) is 13.0 Å². The molecule has 0 spiro atoms. The Hall–Kier alpha value is -2.46. The Morgan fingerprint density at radius 2 is 2.00 bits per heavy atom. The first kappa shape index (κ1) is 13.5. The molecule has 1 unspecified atom stereocenters. The van der Waals surface area contributed by atoms with Crippen LogP contribution in [0.2, 0.25) is 0 Å². The number of pyridine rings is 1. The van der Waals surface area contributed by atoms with E-state index in [1.807, 2.05) is 30.3 Å². The predicted molar refractivity (Wildman–Crippen MR) is 80.8 cm³/mol. The van der Waals surface area contributed by atoms with Gasteiger partial charge in [0, 0.05) is 29.3 Å². The fourth-order valence-corrected chi connectivity index (χ4v) is 2.28. The minimum Gasteiger partial charge on any atom is -0.457 e. The lowest BCUT2D eigenvalue weighted by molar-refractivity contribution is 0.461. The van der Waals surface area contributed by atoms with E-state index in [4.69, 9.17) is 10.5 Å². The second kappa shape index (κ2) is 5.50. The number of halogens is 1. The van der Waals surface area contributed by atoms with Gasteiger partial charge < -0.3 is 10.5 Å². The van der Waals surface area contributed by atoms with Gasteiger partial charge in [0.15, 0.2) is 0 Å². The van der Waals surface area contributed by atoms with Crippen molar-refractivity contribution in [2.75, 3.05) is 0 Å². The van der Waals surface area contributed by atoms with Gasteiger partial charge >= 0.3 is 0 Å². The molecule has 0 aliphatic carbocycles. The largest absolute Gasteiger partial charge is 0.457 e. The monoisotopic (exact) mass is 282 g/mol. The molecule has 0 saturated carbocycles. The molecule has 1 atom stereocenters. The zero-order chi connectivity index (χ0) is 14.8. The Balaban J connectivity index is 2.00. The van der Waals surface area contributed by atoms with E-state index in [1.165, 1.54) is 6.07 Å². The molecule has 3 nitrogen and oxygen atoms in total. The van der Waals surface area contributed by atoms with E-state index in [1.54, 1.807) is 25.3 Å². The summed E-state index contributed by atoms with van der Waals surface area (Å²) >= 11 is 0. The normalized spacial score (nSPS) is 12.3. The molecule has 4 heteroatoms. The van der Waals surface area contributed by atoms with Crippen molar-refractivity contribution in [3.05, 3.63) is 66.1 Å². The number of nitrogens with two attached hydrogens (primary N) is 1. The summed E-state index contributed by atoms with van der Waals surface area (Å²) in [5.41, 5.74) is 7.03. The molecular weight excluding hydrogens is 267 g/mol. The van der Waals surface area contributed by atoms with Crippen molar-refractivity contribution < 1.29 is 9.13 Å². The third-order valence-corrected chi connectivity index (χ3v) is 3.27. The van der Waals surface area contributed by atoms with Gasteiger partial charge in [0.1, 0.15) is 17.3 Å². The Morgan fingerprint density at radius 1 is 1.14 bits per heavy atom. The molecule has 3 aromatic rings. The van der Waals surface area contributed by atoms with Crippen LogP contribution >= 0.6 is 0 Å². The van der Waals surface area contributed by atoms with Crippen molar-refractivity contribution in [1.82, 2.24) is 4.98 Å². The van der Waals surface area contributed by atoms with Crippen LogP contribution in [-0.2, 0) is 0 Å². The van der Waals surface area contributed by atoms with Gasteiger partial charge in [-0.1, -0.05) is 12.1 Å². The zero-order valence-electron chi connectivity index (χ0n) is 11.6. The fraction of sp³-hybridized carbons (Fsp3) is 0.118. The average molecular weight is 282 g/mol. The van der Waals surface area contributed by atoms with Gasteiger partial charge in [-0.15, -0.1) is 0 Å². The lowest BCUT2D eigenvalue weighted by Crippen LogP contribution is -2.09. The minimum absolute atomic E-state index is 0.360. The van der Waals surface area contributed by atoms with Crippen LogP contribution in [0.4, 0.5) is 4.39 Å². The van der Waals surface area contributed by atoms with Crippen molar-refractivity contribution in [2.24, 2.45) is 5.73 Å². The first-order valence-corrected chi connectivity index (χ1v) is 6.72.